The fraction of sp³-hybridized carbons (Fsp3) is 0.250. The van der Waals surface area contributed by atoms with Crippen LogP contribution in [0, 0.1) is 5.82 Å². The Morgan fingerprint density at radius 2 is 1.97 bits per heavy atom. The highest BCUT2D eigenvalue weighted by molar-refractivity contribution is 6.04. The number of pyridine rings is 1. The van der Waals surface area contributed by atoms with E-state index in [4.69, 9.17) is 0 Å². The van der Waals surface area contributed by atoms with Crippen LogP contribution in [0.15, 0.2) is 67.0 Å². The Labute approximate surface area is 177 Å². The molecule has 3 aromatic rings. The highest BCUT2D eigenvalue weighted by Crippen LogP contribution is 2.27. The zero-order valence-electron chi connectivity index (χ0n) is 17.2. The first-order valence-electron chi connectivity index (χ1n) is 10.0. The van der Waals surface area contributed by atoms with E-state index in [9.17, 15) is 9.18 Å². The molecule has 1 aromatic heterocycles. The smallest absolute Gasteiger partial charge is 0.255 e. The molecular formula is C24H27FN4O. The molecular weight excluding hydrogens is 379 g/mol. The molecule has 2 heterocycles. The van der Waals surface area contributed by atoms with Gasteiger partial charge in [0.1, 0.15) is 5.82 Å². The van der Waals surface area contributed by atoms with Gasteiger partial charge in [0.25, 0.3) is 5.91 Å². The molecule has 0 aliphatic carbocycles. The summed E-state index contributed by atoms with van der Waals surface area (Å²) < 4.78 is 14.7. The van der Waals surface area contributed by atoms with Gasteiger partial charge >= 0.3 is 0 Å². The van der Waals surface area contributed by atoms with E-state index in [0.717, 1.165) is 30.6 Å². The van der Waals surface area contributed by atoms with Crippen LogP contribution in [0.4, 0.5) is 15.8 Å². The largest absolute Gasteiger partial charge is 0.368 e. The number of halogens is 1. The maximum absolute atomic E-state index is 14.7. The minimum atomic E-state index is -0.320. The minimum absolute atomic E-state index is 0. The summed E-state index contributed by atoms with van der Waals surface area (Å²) in [5.41, 5.74) is 3.51. The lowest BCUT2D eigenvalue weighted by molar-refractivity contribution is 0.102. The highest BCUT2D eigenvalue weighted by atomic mass is 19.1. The van der Waals surface area contributed by atoms with Crippen molar-refractivity contribution < 1.29 is 10.6 Å². The summed E-state index contributed by atoms with van der Waals surface area (Å²) >= 11 is 0. The van der Waals surface area contributed by atoms with E-state index in [0.29, 0.717) is 23.0 Å². The monoisotopic (exact) mass is 406 g/mol. The molecule has 1 saturated heterocycles. The van der Waals surface area contributed by atoms with Crippen LogP contribution in [0.2, 0.25) is 0 Å². The number of benzene rings is 2. The van der Waals surface area contributed by atoms with E-state index < -0.39 is 0 Å². The predicted octanol–water partition coefficient (Wildman–Crippen LogP) is 4.53. The maximum atomic E-state index is 14.7. The molecule has 0 radical (unpaired) electrons. The zero-order chi connectivity index (χ0) is 21.1. The summed E-state index contributed by atoms with van der Waals surface area (Å²) in [4.78, 5) is 20.9. The molecule has 0 spiro atoms. The van der Waals surface area contributed by atoms with Gasteiger partial charge in [0, 0.05) is 44.2 Å². The second kappa shape index (κ2) is 8.63. The SMILES string of the molecule is CN(C)C1CCN(c2ccc(NC(=O)c3ccc(-c4cccnc4)cc3)cc2F)C1.[HH]. The molecule has 4 rings (SSSR count). The second-order valence-corrected chi connectivity index (χ2v) is 7.79. The lowest BCUT2D eigenvalue weighted by Gasteiger charge is -2.22. The Bertz CT molecular complexity index is 1030. The molecule has 1 fully saturated rings. The van der Waals surface area contributed by atoms with Gasteiger partial charge in [0.15, 0.2) is 0 Å². The molecule has 1 aliphatic rings. The molecule has 6 heteroatoms. The Hall–Kier alpha value is -3.25. The van der Waals surface area contributed by atoms with Crippen LogP contribution in [0.5, 0.6) is 0 Å². The number of anilines is 2. The van der Waals surface area contributed by atoms with Gasteiger partial charge in [-0.05, 0) is 68.0 Å². The number of aromatic nitrogens is 1. The Morgan fingerprint density at radius 1 is 1.17 bits per heavy atom. The zero-order valence-corrected chi connectivity index (χ0v) is 17.2. The summed E-state index contributed by atoms with van der Waals surface area (Å²) in [5.74, 6) is -0.590. The predicted molar refractivity (Wildman–Crippen MR) is 120 cm³/mol. The van der Waals surface area contributed by atoms with Crippen molar-refractivity contribution in [1.29, 1.82) is 0 Å². The van der Waals surface area contributed by atoms with Crippen LogP contribution in [-0.2, 0) is 0 Å². The number of rotatable bonds is 5. The number of likely N-dealkylation sites (N-methyl/N-ethyl adjacent to an activating group) is 1. The third-order valence-electron chi connectivity index (χ3n) is 5.58. The van der Waals surface area contributed by atoms with E-state index in [1.807, 2.05) is 38.4 Å². The fourth-order valence-corrected chi connectivity index (χ4v) is 3.77. The van der Waals surface area contributed by atoms with Crippen molar-refractivity contribution >= 4 is 17.3 Å². The van der Waals surface area contributed by atoms with Crippen LogP contribution in [0.1, 0.15) is 18.2 Å². The summed E-state index contributed by atoms with van der Waals surface area (Å²) in [6.45, 7) is 1.63. The molecule has 1 atom stereocenters. The third kappa shape index (κ3) is 4.33. The Morgan fingerprint density at radius 3 is 2.60 bits per heavy atom. The number of hydrogen-bond donors (Lipinski definition) is 1. The summed E-state index contributed by atoms with van der Waals surface area (Å²) in [6, 6.07) is 16.4. The van der Waals surface area contributed by atoms with Crippen molar-refractivity contribution in [1.82, 2.24) is 9.88 Å². The Balaban J connectivity index is 0.00000272. The van der Waals surface area contributed by atoms with Crippen LogP contribution in [0.25, 0.3) is 11.1 Å². The van der Waals surface area contributed by atoms with Gasteiger partial charge in [-0.15, -0.1) is 0 Å². The van der Waals surface area contributed by atoms with Gasteiger partial charge in [-0.3, -0.25) is 9.78 Å². The van der Waals surface area contributed by atoms with Gasteiger partial charge in [0.05, 0.1) is 5.69 Å². The van der Waals surface area contributed by atoms with Crippen molar-refractivity contribution in [3.63, 3.8) is 0 Å². The average Bonchev–Trinajstić information content (AvgIpc) is 3.25. The van der Waals surface area contributed by atoms with E-state index in [-0.39, 0.29) is 13.2 Å². The van der Waals surface area contributed by atoms with E-state index in [2.05, 4.69) is 20.1 Å². The summed E-state index contributed by atoms with van der Waals surface area (Å²) in [6.07, 6.45) is 4.51. The lowest BCUT2D eigenvalue weighted by Crippen LogP contribution is -2.31. The van der Waals surface area contributed by atoms with Gasteiger partial charge in [0.2, 0.25) is 0 Å². The first-order chi connectivity index (χ1) is 14.5. The average molecular weight is 407 g/mol. The highest BCUT2D eigenvalue weighted by Gasteiger charge is 2.25. The van der Waals surface area contributed by atoms with Gasteiger partial charge in [-0.1, -0.05) is 18.2 Å². The van der Waals surface area contributed by atoms with Crippen molar-refractivity contribution in [3.05, 3.63) is 78.4 Å². The quantitative estimate of drug-likeness (QED) is 0.677. The van der Waals surface area contributed by atoms with Gasteiger partial charge < -0.3 is 15.1 Å². The molecule has 2 aromatic carbocycles. The molecule has 0 saturated carbocycles. The van der Waals surface area contributed by atoms with Crippen molar-refractivity contribution in [2.75, 3.05) is 37.4 Å². The van der Waals surface area contributed by atoms with Crippen molar-refractivity contribution in [2.45, 2.75) is 12.5 Å². The third-order valence-corrected chi connectivity index (χ3v) is 5.58. The standard InChI is InChI=1S/C24H25FN4O.H2/c1-28(2)21-11-13-29(16-21)23-10-9-20(14-22(23)25)27-24(30)18-7-5-17(6-8-18)19-4-3-12-26-15-19;/h3-10,12,14-15,21H,11,13,16H2,1-2H3,(H,27,30);1H. The molecule has 1 aliphatic heterocycles. The topological polar surface area (TPSA) is 48.5 Å². The molecule has 156 valence electrons. The van der Waals surface area contributed by atoms with Gasteiger partial charge in [-0.2, -0.15) is 0 Å². The first kappa shape index (κ1) is 20.0. The summed E-state index contributed by atoms with van der Waals surface area (Å²) in [7, 11) is 4.10. The van der Waals surface area contributed by atoms with Crippen LogP contribution in [0.3, 0.4) is 0 Å². The molecule has 1 amide bonds. The first-order valence-corrected chi connectivity index (χ1v) is 10.0. The minimum Gasteiger partial charge on any atom is -0.368 e. The van der Waals surface area contributed by atoms with E-state index >= 15 is 0 Å². The number of nitrogens with zero attached hydrogens (tertiary/aromatic N) is 3. The van der Waals surface area contributed by atoms with E-state index in [1.54, 1.807) is 36.7 Å². The van der Waals surface area contributed by atoms with Crippen molar-refractivity contribution in [2.24, 2.45) is 0 Å². The van der Waals surface area contributed by atoms with Crippen LogP contribution >= 0.6 is 0 Å². The molecule has 1 N–H and O–H groups in total. The molecule has 5 nitrogen and oxygen atoms in total. The fourth-order valence-electron chi connectivity index (χ4n) is 3.77. The molecule has 30 heavy (non-hydrogen) atoms. The number of carbonyl (C=O) groups excluding carboxylic acids is 1. The number of nitrogens with one attached hydrogen (secondary N) is 1. The molecule has 0 bridgehead atoms. The number of carbonyl (C=O) groups is 1. The normalized spacial score (nSPS) is 16.1. The number of hydrogen-bond acceptors (Lipinski definition) is 4. The number of amides is 1. The van der Waals surface area contributed by atoms with E-state index in [1.165, 1.54) is 6.07 Å². The van der Waals surface area contributed by atoms with Crippen molar-refractivity contribution in [3.8, 4) is 11.1 Å². The van der Waals surface area contributed by atoms with Gasteiger partial charge in [-0.25, -0.2) is 4.39 Å². The lowest BCUT2D eigenvalue weighted by atomic mass is 10.1. The maximum Gasteiger partial charge on any atom is 0.255 e. The second-order valence-electron chi connectivity index (χ2n) is 7.79. The van der Waals surface area contributed by atoms with Crippen LogP contribution < -0.4 is 10.2 Å². The molecule has 1 unspecified atom stereocenters. The summed E-state index contributed by atoms with van der Waals surface area (Å²) in [5, 5.41) is 2.79. The van der Waals surface area contributed by atoms with Crippen LogP contribution in [-0.4, -0.2) is 49.0 Å². The Kier molecular flexibility index (Phi) is 5.77.